The van der Waals surface area contributed by atoms with Crippen LogP contribution < -0.4 is 5.32 Å². The topological polar surface area (TPSA) is 85.1 Å². The van der Waals surface area contributed by atoms with Gasteiger partial charge in [-0.05, 0) is 89.1 Å². The Morgan fingerprint density at radius 1 is 0.608 bits per heavy atom. The quantitative estimate of drug-likeness (QED) is 0.0532. The molecule has 1 aromatic heterocycles. The normalized spacial score (nSPS) is 11.7. The number of carbonyl (C=O) groups is 1. The predicted molar refractivity (Wildman–Crippen MR) is 213 cm³/mol. The number of hydrogen-bond donors (Lipinski definition) is 2. The summed E-state index contributed by atoms with van der Waals surface area (Å²) in [6.45, 7) is 12.6. The van der Waals surface area contributed by atoms with Gasteiger partial charge in [0.1, 0.15) is 13.6 Å². The van der Waals surface area contributed by atoms with Crippen molar-refractivity contribution in [3.63, 3.8) is 0 Å². The zero-order valence-electron chi connectivity index (χ0n) is 33.0. The zero-order chi connectivity index (χ0) is 36.3. The molecule has 0 unspecified atom stereocenters. The summed E-state index contributed by atoms with van der Waals surface area (Å²) in [5.74, 6) is 0.146. The van der Waals surface area contributed by atoms with Crippen molar-refractivity contribution in [2.45, 2.75) is 155 Å². The molecular formula is C43H77N3O5. The molecule has 2 rings (SSSR count). The highest BCUT2D eigenvalue weighted by Crippen LogP contribution is 2.19. The van der Waals surface area contributed by atoms with E-state index in [9.17, 15) is 4.79 Å². The minimum absolute atomic E-state index is 0.146. The first-order valence-corrected chi connectivity index (χ1v) is 21.1. The maximum absolute atomic E-state index is 12.4. The van der Waals surface area contributed by atoms with Gasteiger partial charge in [0.15, 0.2) is 0 Å². The third kappa shape index (κ3) is 25.6. The van der Waals surface area contributed by atoms with E-state index in [1.165, 1.54) is 88.0 Å². The number of ether oxygens (including phenoxy) is 4. The first kappa shape index (κ1) is 45.2. The van der Waals surface area contributed by atoms with E-state index in [1.54, 1.807) is 0 Å². The molecule has 8 heteroatoms. The Morgan fingerprint density at radius 3 is 1.67 bits per heavy atom. The molecule has 1 amide bonds. The minimum Gasteiger partial charge on any atom is -0.361 e. The van der Waals surface area contributed by atoms with Crippen LogP contribution in [-0.4, -0.2) is 82.0 Å². The fourth-order valence-electron chi connectivity index (χ4n) is 6.45. The molecule has 0 fully saturated rings. The van der Waals surface area contributed by atoms with Crippen LogP contribution in [0.15, 0.2) is 30.5 Å². The number of rotatable bonds is 38. The summed E-state index contributed by atoms with van der Waals surface area (Å²) in [6, 6.07) is 8.28. The first-order valence-electron chi connectivity index (χ1n) is 21.1. The van der Waals surface area contributed by atoms with E-state index in [-0.39, 0.29) is 5.91 Å². The number of aromatic amines is 1. The minimum atomic E-state index is 0.146. The number of fused-ring (bicyclic) bond motifs is 1. The van der Waals surface area contributed by atoms with Crippen LogP contribution in [-0.2, 0) is 30.2 Å². The van der Waals surface area contributed by atoms with E-state index in [2.05, 4.69) is 47.2 Å². The number of amides is 1. The van der Waals surface area contributed by atoms with Gasteiger partial charge in [0.2, 0.25) is 5.91 Å². The van der Waals surface area contributed by atoms with Crippen LogP contribution in [0.25, 0.3) is 10.9 Å². The van der Waals surface area contributed by atoms with Crippen LogP contribution in [0.4, 0.5) is 0 Å². The molecule has 2 N–H and O–H groups in total. The molecule has 1 aromatic carbocycles. The Kier molecular flexibility index (Phi) is 30.0. The summed E-state index contributed by atoms with van der Waals surface area (Å²) in [6.07, 6.45) is 27.7. The smallest absolute Gasteiger partial charge is 0.220 e. The van der Waals surface area contributed by atoms with E-state index in [0.717, 1.165) is 116 Å². The largest absolute Gasteiger partial charge is 0.361 e. The fourth-order valence-corrected chi connectivity index (χ4v) is 6.45. The van der Waals surface area contributed by atoms with Crippen molar-refractivity contribution < 1.29 is 23.7 Å². The van der Waals surface area contributed by atoms with Crippen molar-refractivity contribution >= 4 is 16.8 Å². The van der Waals surface area contributed by atoms with Gasteiger partial charge in [-0.3, -0.25) is 4.79 Å². The molecule has 2 aromatic rings. The zero-order valence-corrected chi connectivity index (χ0v) is 33.0. The molecule has 0 spiro atoms. The van der Waals surface area contributed by atoms with Gasteiger partial charge < -0.3 is 34.1 Å². The number of hydrogen-bond acceptors (Lipinski definition) is 6. The molecule has 0 aliphatic heterocycles. The lowest BCUT2D eigenvalue weighted by molar-refractivity contribution is -0.121. The van der Waals surface area contributed by atoms with Crippen molar-refractivity contribution in [3.05, 3.63) is 36.0 Å². The van der Waals surface area contributed by atoms with Crippen molar-refractivity contribution in [1.29, 1.82) is 0 Å². The van der Waals surface area contributed by atoms with Gasteiger partial charge >= 0.3 is 0 Å². The van der Waals surface area contributed by atoms with Gasteiger partial charge in [0.05, 0.1) is 0 Å². The number of aryl methyl sites for hydroxylation is 1. The summed E-state index contributed by atoms with van der Waals surface area (Å²) < 4.78 is 22.8. The Morgan fingerprint density at radius 2 is 1.08 bits per heavy atom. The monoisotopic (exact) mass is 716 g/mol. The number of para-hydroxylation sites is 1. The third-order valence-electron chi connectivity index (χ3n) is 9.66. The van der Waals surface area contributed by atoms with Crippen molar-refractivity contribution in [2.24, 2.45) is 0 Å². The number of H-pyrrole nitrogens is 1. The highest BCUT2D eigenvalue weighted by Gasteiger charge is 2.08. The van der Waals surface area contributed by atoms with Crippen LogP contribution in [0.5, 0.6) is 0 Å². The van der Waals surface area contributed by atoms with Gasteiger partial charge in [0, 0.05) is 56.5 Å². The summed E-state index contributed by atoms with van der Waals surface area (Å²) in [5, 5.41) is 4.34. The lowest BCUT2D eigenvalue weighted by atomic mass is 10.1. The van der Waals surface area contributed by atoms with Gasteiger partial charge in [-0.2, -0.15) is 0 Å². The van der Waals surface area contributed by atoms with E-state index < -0.39 is 0 Å². The summed E-state index contributed by atoms with van der Waals surface area (Å²) in [7, 11) is 0. The van der Waals surface area contributed by atoms with Gasteiger partial charge in [-0.15, -0.1) is 0 Å². The maximum atomic E-state index is 12.4. The second kappa shape index (κ2) is 33.8. The Hall–Kier alpha value is -1.97. The summed E-state index contributed by atoms with van der Waals surface area (Å²) in [5.41, 5.74) is 2.35. The Labute approximate surface area is 312 Å². The number of carbonyl (C=O) groups excluding carboxylic acids is 1. The van der Waals surface area contributed by atoms with Crippen LogP contribution >= 0.6 is 0 Å². The number of aromatic nitrogens is 1. The fraction of sp³-hybridized carbons (Fsp3) is 0.791. The standard InChI is InChI=1S/C43H77N3O5/c1-3-5-7-9-13-21-33-48-38-50-35-23-19-31-46(32-20-24-36-51-39-49-34-22-14-10-8-6-4-2)30-18-12-11-17-29-44-43(47)28-27-40-37-45-42-26-16-15-25-41(40)42/h15-16,25-26,37,45H,3-14,17-24,27-36,38-39H2,1-2H3,(H,44,47). The molecule has 294 valence electrons. The van der Waals surface area contributed by atoms with Gasteiger partial charge in [-0.25, -0.2) is 0 Å². The highest BCUT2D eigenvalue weighted by atomic mass is 16.7. The molecule has 0 saturated carbocycles. The third-order valence-corrected chi connectivity index (χ3v) is 9.66. The van der Waals surface area contributed by atoms with Crippen LogP contribution in [0.2, 0.25) is 0 Å². The second-order valence-electron chi connectivity index (χ2n) is 14.3. The average molecular weight is 716 g/mol. The SMILES string of the molecule is CCCCCCCCOCOCCCCN(CCCCCCNC(=O)CCc1c[nH]c2ccccc12)CCCCOCOCCCCCCCC. The van der Waals surface area contributed by atoms with Crippen LogP contribution in [0, 0.1) is 0 Å². The molecule has 0 atom stereocenters. The van der Waals surface area contributed by atoms with Crippen molar-refractivity contribution in [2.75, 3.05) is 66.2 Å². The molecule has 0 saturated heterocycles. The number of nitrogens with zero attached hydrogens (tertiary/aromatic N) is 1. The molecule has 51 heavy (non-hydrogen) atoms. The number of unbranched alkanes of at least 4 members (excludes halogenated alkanes) is 15. The summed E-state index contributed by atoms with van der Waals surface area (Å²) in [4.78, 5) is 18.3. The highest BCUT2D eigenvalue weighted by molar-refractivity contribution is 5.84. The van der Waals surface area contributed by atoms with Gasteiger partial charge in [-0.1, -0.05) is 109 Å². The van der Waals surface area contributed by atoms with Crippen LogP contribution in [0.3, 0.4) is 0 Å². The van der Waals surface area contributed by atoms with Crippen LogP contribution in [0.1, 0.15) is 154 Å². The van der Waals surface area contributed by atoms with E-state index in [0.29, 0.717) is 20.0 Å². The first-order chi connectivity index (χ1) is 25.2. The second-order valence-corrected chi connectivity index (χ2v) is 14.3. The molecular weight excluding hydrogens is 638 g/mol. The average Bonchev–Trinajstić information content (AvgIpc) is 3.56. The maximum Gasteiger partial charge on any atom is 0.220 e. The number of nitrogens with one attached hydrogen (secondary N) is 2. The molecule has 0 radical (unpaired) electrons. The molecule has 8 nitrogen and oxygen atoms in total. The molecule has 0 aliphatic rings. The number of benzene rings is 1. The molecule has 1 heterocycles. The van der Waals surface area contributed by atoms with Crippen molar-refractivity contribution in [1.82, 2.24) is 15.2 Å². The lowest BCUT2D eigenvalue weighted by Crippen LogP contribution is -2.28. The molecule has 0 aliphatic carbocycles. The Bertz CT molecular complexity index is 1020. The van der Waals surface area contributed by atoms with E-state index in [4.69, 9.17) is 18.9 Å². The van der Waals surface area contributed by atoms with E-state index in [1.807, 2.05) is 12.3 Å². The molecule has 0 bridgehead atoms. The van der Waals surface area contributed by atoms with Gasteiger partial charge in [0.25, 0.3) is 0 Å². The van der Waals surface area contributed by atoms with Crippen molar-refractivity contribution in [3.8, 4) is 0 Å². The van der Waals surface area contributed by atoms with E-state index >= 15 is 0 Å². The predicted octanol–water partition coefficient (Wildman–Crippen LogP) is 10.3. The summed E-state index contributed by atoms with van der Waals surface area (Å²) >= 11 is 0. The lowest BCUT2D eigenvalue weighted by Gasteiger charge is -2.22. The Balaban J connectivity index is 1.52.